The van der Waals surface area contributed by atoms with Crippen molar-refractivity contribution < 1.29 is 18.0 Å². The molecule has 2 saturated carbocycles. The number of carbonyl (C=O) groups excluding carboxylic acids is 1. The van der Waals surface area contributed by atoms with Crippen molar-refractivity contribution in [2.45, 2.75) is 57.3 Å². The zero-order valence-electron chi connectivity index (χ0n) is 17.1. The molecule has 6 heteroatoms. The third-order valence-electron chi connectivity index (χ3n) is 7.97. The van der Waals surface area contributed by atoms with Crippen LogP contribution in [0.2, 0.25) is 0 Å². The number of carbonyl (C=O) groups is 1. The molecular weight excluding hydrogens is 389 g/mol. The second-order valence-corrected chi connectivity index (χ2v) is 9.65. The number of nitrogens with one attached hydrogen (secondary N) is 1. The standard InChI is InChI=1S/C24H29F3N2O/c25-24(26,27)19-3-1-2-16(12-19)14-28-11-8-20-5-7-22(30)29(20)15-17-13-18-4-6-21(17)23(18)9-10-23/h1-4,6,12,17-18,20-21,28H,5,7-11,13-15H2/t17-,18+,20+,21+/m1/s1. The number of rotatable bonds is 7. The highest BCUT2D eigenvalue weighted by Crippen LogP contribution is 2.70. The van der Waals surface area contributed by atoms with Gasteiger partial charge in [0.05, 0.1) is 5.56 Å². The van der Waals surface area contributed by atoms with Crippen LogP contribution in [-0.4, -0.2) is 29.9 Å². The fourth-order valence-electron chi connectivity index (χ4n) is 6.29. The van der Waals surface area contributed by atoms with Crippen molar-refractivity contribution >= 4 is 5.91 Å². The lowest BCUT2D eigenvalue weighted by Crippen LogP contribution is -2.39. The van der Waals surface area contributed by atoms with Crippen LogP contribution in [0.4, 0.5) is 13.2 Å². The van der Waals surface area contributed by atoms with Crippen LogP contribution in [0.15, 0.2) is 36.4 Å². The van der Waals surface area contributed by atoms with E-state index < -0.39 is 11.7 Å². The normalized spacial score (nSPS) is 31.3. The van der Waals surface area contributed by atoms with Crippen LogP contribution in [0.5, 0.6) is 0 Å². The largest absolute Gasteiger partial charge is 0.416 e. The summed E-state index contributed by atoms with van der Waals surface area (Å²) in [5.74, 6) is 2.27. The van der Waals surface area contributed by atoms with Gasteiger partial charge in [-0.05, 0) is 73.4 Å². The van der Waals surface area contributed by atoms with E-state index in [1.165, 1.54) is 31.4 Å². The molecule has 1 N–H and O–H groups in total. The molecule has 3 fully saturated rings. The maximum Gasteiger partial charge on any atom is 0.416 e. The molecule has 0 radical (unpaired) electrons. The van der Waals surface area contributed by atoms with Crippen molar-refractivity contribution in [2.24, 2.45) is 23.2 Å². The summed E-state index contributed by atoms with van der Waals surface area (Å²) in [4.78, 5) is 14.6. The minimum absolute atomic E-state index is 0.254. The first-order chi connectivity index (χ1) is 14.4. The Morgan fingerprint density at radius 1 is 1.20 bits per heavy atom. The smallest absolute Gasteiger partial charge is 0.339 e. The van der Waals surface area contributed by atoms with Crippen LogP contribution in [-0.2, 0) is 17.5 Å². The first-order valence-electron chi connectivity index (χ1n) is 11.2. The minimum atomic E-state index is -4.31. The number of alkyl halides is 3. The van der Waals surface area contributed by atoms with E-state index in [-0.39, 0.29) is 11.9 Å². The molecule has 1 aromatic carbocycles. The molecular formula is C24H29F3N2O. The van der Waals surface area contributed by atoms with E-state index in [1.807, 2.05) is 0 Å². The molecule has 1 aliphatic heterocycles. The van der Waals surface area contributed by atoms with Gasteiger partial charge in [0.2, 0.25) is 5.91 Å². The highest BCUT2D eigenvalue weighted by atomic mass is 19.4. The monoisotopic (exact) mass is 418 g/mol. The first-order valence-corrected chi connectivity index (χ1v) is 11.2. The summed E-state index contributed by atoms with van der Waals surface area (Å²) in [6.07, 6.45) is 6.82. The van der Waals surface area contributed by atoms with Crippen LogP contribution in [0, 0.1) is 23.2 Å². The van der Waals surface area contributed by atoms with Gasteiger partial charge in [-0.3, -0.25) is 4.79 Å². The highest BCUT2D eigenvalue weighted by molar-refractivity contribution is 5.78. The molecule has 30 heavy (non-hydrogen) atoms. The lowest BCUT2D eigenvalue weighted by atomic mass is 9.88. The number of allylic oxidation sites excluding steroid dienone is 2. The van der Waals surface area contributed by atoms with Gasteiger partial charge in [-0.1, -0.05) is 30.4 Å². The third kappa shape index (κ3) is 3.57. The number of benzene rings is 1. The summed E-state index contributed by atoms with van der Waals surface area (Å²) >= 11 is 0. The van der Waals surface area contributed by atoms with Crippen molar-refractivity contribution in [1.82, 2.24) is 10.2 Å². The Morgan fingerprint density at radius 2 is 2.03 bits per heavy atom. The van der Waals surface area contributed by atoms with Crippen LogP contribution < -0.4 is 5.32 Å². The van der Waals surface area contributed by atoms with Gasteiger partial charge in [-0.2, -0.15) is 13.2 Å². The lowest BCUT2D eigenvalue weighted by molar-refractivity contribution is -0.137. The summed E-state index contributed by atoms with van der Waals surface area (Å²) in [6.45, 7) is 1.99. The molecule has 4 atom stereocenters. The lowest BCUT2D eigenvalue weighted by Gasteiger charge is -2.30. The number of hydrogen-bond acceptors (Lipinski definition) is 2. The molecule has 162 valence electrons. The van der Waals surface area contributed by atoms with Crippen molar-refractivity contribution in [3.63, 3.8) is 0 Å². The van der Waals surface area contributed by atoms with E-state index >= 15 is 0 Å². The minimum Gasteiger partial charge on any atom is -0.339 e. The van der Waals surface area contributed by atoms with Gasteiger partial charge >= 0.3 is 6.18 Å². The zero-order valence-corrected chi connectivity index (χ0v) is 17.1. The number of nitrogens with zero attached hydrogens (tertiary/aromatic N) is 1. The van der Waals surface area contributed by atoms with Crippen LogP contribution in [0.1, 0.15) is 49.7 Å². The molecule has 5 rings (SSSR count). The molecule has 1 saturated heterocycles. The van der Waals surface area contributed by atoms with E-state index in [9.17, 15) is 18.0 Å². The number of likely N-dealkylation sites (tertiary alicyclic amines) is 1. The zero-order chi connectivity index (χ0) is 20.9. The van der Waals surface area contributed by atoms with Gasteiger partial charge < -0.3 is 10.2 Å². The van der Waals surface area contributed by atoms with Crippen molar-refractivity contribution in [3.8, 4) is 0 Å². The molecule has 3 aliphatic carbocycles. The summed E-state index contributed by atoms with van der Waals surface area (Å²) in [6, 6.07) is 5.72. The van der Waals surface area contributed by atoms with Gasteiger partial charge in [-0.15, -0.1) is 0 Å². The van der Waals surface area contributed by atoms with Crippen molar-refractivity contribution in [3.05, 3.63) is 47.5 Å². The maximum atomic E-state index is 12.9. The molecule has 1 heterocycles. The average molecular weight is 419 g/mol. The number of hydrogen-bond donors (Lipinski definition) is 1. The topological polar surface area (TPSA) is 32.3 Å². The van der Waals surface area contributed by atoms with Gasteiger partial charge in [0.25, 0.3) is 0 Å². The molecule has 2 bridgehead atoms. The van der Waals surface area contributed by atoms with Crippen LogP contribution in [0.3, 0.4) is 0 Å². The fourth-order valence-corrected chi connectivity index (χ4v) is 6.29. The van der Waals surface area contributed by atoms with Gasteiger partial charge in [0, 0.05) is 25.6 Å². The average Bonchev–Trinajstić information content (AvgIpc) is 3.26. The van der Waals surface area contributed by atoms with Crippen LogP contribution in [0.25, 0.3) is 0 Å². The Kier molecular flexibility index (Phi) is 4.96. The van der Waals surface area contributed by atoms with Gasteiger partial charge in [0.1, 0.15) is 0 Å². The SMILES string of the molecule is O=C1CC[C@@H](CCNCc2cccc(C(F)(F)F)c2)N1C[C@H]1C[C@@H]2C=C[C@@H]1C21CC1. The molecule has 4 aliphatic rings. The molecule has 0 aromatic heterocycles. The second-order valence-electron chi connectivity index (χ2n) is 9.65. The molecule has 0 unspecified atom stereocenters. The maximum absolute atomic E-state index is 12.9. The van der Waals surface area contributed by atoms with E-state index in [2.05, 4.69) is 22.4 Å². The Morgan fingerprint density at radius 3 is 2.77 bits per heavy atom. The third-order valence-corrected chi connectivity index (χ3v) is 7.97. The fraction of sp³-hybridized carbons (Fsp3) is 0.625. The van der Waals surface area contributed by atoms with E-state index in [1.54, 1.807) is 6.07 Å². The Bertz CT molecular complexity index is 845. The molecule has 1 aromatic rings. The van der Waals surface area contributed by atoms with Crippen LogP contribution >= 0.6 is 0 Å². The van der Waals surface area contributed by atoms with E-state index in [4.69, 9.17) is 0 Å². The molecule has 1 amide bonds. The summed E-state index contributed by atoms with van der Waals surface area (Å²) < 4.78 is 38.6. The Balaban J connectivity index is 1.12. The van der Waals surface area contributed by atoms with E-state index in [0.717, 1.165) is 31.4 Å². The van der Waals surface area contributed by atoms with E-state index in [0.29, 0.717) is 42.3 Å². The Hall–Kier alpha value is -1.82. The summed E-state index contributed by atoms with van der Waals surface area (Å²) in [5.41, 5.74) is 0.575. The second kappa shape index (κ2) is 7.40. The van der Waals surface area contributed by atoms with Gasteiger partial charge in [-0.25, -0.2) is 0 Å². The molecule has 1 spiro atoms. The first kappa shape index (κ1) is 20.1. The highest BCUT2D eigenvalue weighted by Gasteiger charge is 2.62. The quantitative estimate of drug-likeness (QED) is 0.511. The summed E-state index contributed by atoms with van der Waals surface area (Å²) in [7, 11) is 0. The summed E-state index contributed by atoms with van der Waals surface area (Å²) in [5, 5.41) is 3.27. The molecule has 3 nitrogen and oxygen atoms in total. The van der Waals surface area contributed by atoms with Gasteiger partial charge in [0.15, 0.2) is 0 Å². The predicted molar refractivity (Wildman–Crippen MR) is 108 cm³/mol. The van der Waals surface area contributed by atoms with Crippen molar-refractivity contribution in [1.29, 1.82) is 0 Å². The Labute approximate surface area is 175 Å². The van der Waals surface area contributed by atoms with Crippen molar-refractivity contribution in [2.75, 3.05) is 13.1 Å². The number of halogens is 3. The predicted octanol–water partition coefficient (Wildman–Crippen LogP) is 4.78. The number of amides is 1.